The highest BCUT2D eigenvalue weighted by Crippen LogP contribution is 2.27. The van der Waals surface area contributed by atoms with Gasteiger partial charge in [0.15, 0.2) is 0 Å². The molecule has 0 amide bonds. The molecule has 0 aliphatic carbocycles. The molecule has 2 unspecified atom stereocenters. The van der Waals surface area contributed by atoms with Gasteiger partial charge in [-0.15, -0.1) is 0 Å². The molecule has 0 aromatic heterocycles. The summed E-state index contributed by atoms with van der Waals surface area (Å²) in [5.41, 5.74) is 7.88. The molecular weight excluding hydrogens is 254 g/mol. The standard InChI is InChI=1S/C16H27NO3/c1-4-5-9-15(19-11-17)16(20-12-18-3)14-8-6-7-13(2)10-14/h6-8,10,15-16H,4-5,9,11-12,17H2,1-3H3. The van der Waals surface area contributed by atoms with Crippen molar-refractivity contribution >= 4 is 0 Å². The van der Waals surface area contributed by atoms with Crippen LogP contribution in [0.4, 0.5) is 0 Å². The van der Waals surface area contributed by atoms with Crippen LogP contribution < -0.4 is 5.73 Å². The Labute approximate surface area is 122 Å². The van der Waals surface area contributed by atoms with Crippen molar-refractivity contribution in [1.29, 1.82) is 0 Å². The second-order valence-corrected chi connectivity index (χ2v) is 4.92. The Balaban J connectivity index is 2.88. The maximum absolute atomic E-state index is 5.84. The van der Waals surface area contributed by atoms with Gasteiger partial charge in [0, 0.05) is 7.11 Å². The van der Waals surface area contributed by atoms with Crippen molar-refractivity contribution < 1.29 is 14.2 Å². The van der Waals surface area contributed by atoms with E-state index in [0.29, 0.717) is 0 Å². The van der Waals surface area contributed by atoms with E-state index in [1.54, 1.807) is 7.11 Å². The SMILES string of the molecule is CCCCC(OCN)C(OCOC)c1cccc(C)c1. The summed E-state index contributed by atoms with van der Waals surface area (Å²) in [5.74, 6) is 0. The maximum Gasteiger partial charge on any atom is 0.147 e. The first kappa shape index (κ1) is 17.1. The first-order valence-corrected chi connectivity index (χ1v) is 7.21. The molecule has 1 aromatic rings. The van der Waals surface area contributed by atoms with Gasteiger partial charge in [0.05, 0.1) is 12.8 Å². The van der Waals surface area contributed by atoms with E-state index in [1.165, 1.54) is 5.56 Å². The highest BCUT2D eigenvalue weighted by Gasteiger charge is 2.24. The topological polar surface area (TPSA) is 53.7 Å². The molecule has 0 saturated heterocycles. The van der Waals surface area contributed by atoms with Crippen LogP contribution in [0.3, 0.4) is 0 Å². The molecule has 0 aliphatic heterocycles. The summed E-state index contributed by atoms with van der Waals surface area (Å²) < 4.78 is 16.6. The first-order chi connectivity index (χ1) is 9.72. The van der Waals surface area contributed by atoms with Crippen LogP contribution >= 0.6 is 0 Å². The minimum atomic E-state index is -0.148. The van der Waals surface area contributed by atoms with Gasteiger partial charge in [-0.1, -0.05) is 49.6 Å². The average Bonchev–Trinajstić information content (AvgIpc) is 2.45. The van der Waals surface area contributed by atoms with Gasteiger partial charge in [0.2, 0.25) is 0 Å². The van der Waals surface area contributed by atoms with E-state index in [0.717, 1.165) is 24.8 Å². The Hall–Kier alpha value is -0.940. The molecular formula is C16H27NO3. The van der Waals surface area contributed by atoms with Gasteiger partial charge in [-0.2, -0.15) is 0 Å². The quantitative estimate of drug-likeness (QED) is 0.669. The van der Waals surface area contributed by atoms with Crippen LogP contribution in [0, 0.1) is 6.92 Å². The Kier molecular flexibility index (Phi) is 8.46. The molecule has 0 spiro atoms. The van der Waals surface area contributed by atoms with E-state index in [1.807, 2.05) is 6.07 Å². The minimum absolute atomic E-state index is 0.0445. The number of rotatable bonds is 10. The molecule has 114 valence electrons. The number of methoxy groups -OCH3 is 1. The lowest BCUT2D eigenvalue weighted by molar-refractivity contribution is -0.132. The average molecular weight is 281 g/mol. The number of hydrogen-bond donors (Lipinski definition) is 1. The van der Waals surface area contributed by atoms with Gasteiger partial charge >= 0.3 is 0 Å². The van der Waals surface area contributed by atoms with Crippen molar-refractivity contribution in [2.75, 3.05) is 20.6 Å². The number of aryl methyl sites for hydroxylation is 1. The fraction of sp³-hybridized carbons (Fsp3) is 0.625. The van der Waals surface area contributed by atoms with E-state index in [2.05, 4.69) is 32.0 Å². The molecule has 4 nitrogen and oxygen atoms in total. The smallest absolute Gasteiger partial charge is 0.147 e. The highest BCUT2D eigenvalue weighted by atomic mass is 16.7. The Morgan fingerprint density at radius 1 is 1.25 bits per heavy atom. The molecule has 1 aromatic carbocycles. The van der Waals surface area contributed by atoms with Crippen molar-refractivity contribution in [2.24, 2.45) is 5.73 Å². The zero-order valence-corrected chi connectivity index (χ0v) is 12.8. The summed E-state index contributed by atoms with van der Waals surface area (Å²) in [6.07, 6.45) is 2.94. The predicted octanol–water partition coefficient (Wildman–Crippen LogP) is 3.15. The number of unbranched alkanes of at least 4 members (excludes halogenated alkanes) is 1. The van der Waals surface area contributed by atoms with Crippen molar-refractivity contribution in [1.82, 2.24) is 0 Å². The van der Waals surface area contributed by atoms with E-state index >= 15 is 0 Å². The summed E-state index contributed by atoms with van der Waals surface area (Å²) in [4.78, 5) is 0. The van der Waals surface area contributed by atoms with E-state index in [-0.39, 0.29) is 25.7 Å². The van der Waals surface area contributed by atoms with Crippen LogP contribution in [0.15, 0.2) is 24.3 Å². The summed E-state index contributed by atoms with van der Waals surface area (Å²) >= 11 is 0. The monoisotopic (exact) mass is 281 g/mol. The largest absolute Gasteiger partial charge is 0.360 e. The molecule has 0 heterocycles. The fourth-order valence-electron chi connectivity index (χ4n) is 2.26. The van der Waals surface area contributed by atoms with Crippen LogP contribution in [-0.4, -0.2) is 26.7 Å². The van der Waals surface area contributed by atoms with E-state index in [9.17, 15) is 0 Å². The number of hydrogen-bond acceptors (Lipinski definition) is 4. The summed E-state index contributed by atoms with van der Waals surface area (Å²) in [7, 11) is 1.62. The molecule has 4 heteroatoms. The molecule has 0 fully saturated rings. The van der Waals surface area contributed by atoms with Gasteiger partial charge in [-0.05, 0) is 18.9 Å². The molecule has 0 radical (unpaired) electrons. The molecule has 1 rings (SSSR count). The van der Waals surface area contributed by atoms with Gasteiger partial charge in [0.1, 0.15) is 12.9 Å². The molecule has 2 atom stereocenters. The van der Waals surface area contributed by atoms with Crippen molar-refractivity contribution in [3.8, 4) is 0 Å². The molecule has 2 N–H and O–H groups in total. The molecule has 0 saturated carbocycles. The predicted molar refractivity (Wildman–Crippen MR) is 80.3 cm³/mol. The minimum Gasteiger partial charge on any atom is -0.360 e. The first-order valence-electron chi connectivity index (χ1n) is 7.21. The molecule has 0 bridgehead atoms. The van der Waals surface area contributed by atoms with Crippen molar-refractivity contribution in [2.45, 2.75) is 45.3 Å². The van der Waals surface area contributed by atoms with E-state index < -0.39 is 0 Å². The second kappa shape index (κ2) is 9.88. The van der Waals surface area contributed by atoms with Gasteiger partial charge in [-0.3, -0.25) is 0 Å². The molecule has 0 aliphatic rings. The van der Waals surface area contributed by atoms with Gasteiger partial charge in [-0.25, -0.2) is 0 Å². The van der Waals surface area contributed by atoms with Crippen molar-refractivity contribution in [3.05, 3.63) is 35.4 Å². The van der Waals surface area contributed by atoms with Crippen LogP contribution in [0.5, 0.6) is 0 Å². The Bertz CT molecular complexity index is 370. The van der Waals surface area contributed by atoms with Crippen LogP contribution in [0.1, 0.15) is 43.4 Å². The molecule has 20 heavy (non-hydrogen) atoms. The third-order valence-corrected chi connectivity index (χ3v) is 3.23. The lowest BCUT2D eigenvalue weighted by Crippen LogP contribution is -2.28. The Morgan fingerprint density at radius 3 is 2.65 bits per heavy atom. The van der Waals surface area contributed by atoms with Gasteiger partial charge < -0.3 is 19.9 Å². The van der Waals surface area contributed by atoms with Gasteiger partial charge in [0.25, 0.3) is 0 Å². The Morgan fingerprint density at radius 2 is 2.05 bits per heavy atom. The maximum atomic E-state index is 5.84. The summed E-state index contributed by atoms with van der Waals surface area (Å²) in [6, 6.07) is 8.29. The summed E-state index contributed by atoms with van der Waals surface area (Å²) in [5, 5.41) is 0. The lowest BCUT2D eigenvalue weighted by atomic mass is 9.98. The zero-order valence-electron chi connectivity index (χ0n) is 12.8. The second-order valence-electron chi connectivity index (χ2n) is 4.92. The van der Waals surface area contributed by atoms with Crippen LogP contribution in [0.25, 0.3) is 0 Å². The zero-order chi connectivity index (χ0) is 14.8. The lowest BCUT2D eigenvalue weighted by Gasteiger charge is -2.27. The summed E-state index contributed by atoms with van der Waals surface area (Å²) in [6.45, 7) is 4.68. The fourth-order valence-corrected chi connectivity index (χ4v) is 2.26. The number of nitrogens with two attached hydrogens (primary N) is 1. The highest BCUT2D eigenvalue weighted by molar-refractivity contribution is 5.25. The van der Waals surface area contributed by atoms with Crippen LogP contribution in [0.2, 0.25) is 0 Å². The van der Waals surface area contributed by atoms with Crippen LogP contribution in [-0.2, 0) is 14.2 Å². The third-order valence-electron chi connectivity index (χ3n) is 3.23. The normalized spacial score (nSPS) is 14.2. The van der Waals surface area contributed by atoms with Crippen molar-refractivity contribution in [3.63, 3.8) is 0 Å². The third kappa shape index (κ3) is 5.59. The number of benzene rings is 1. The number of ether oxygens (including phenoxy) is 3. The van der Waals surface area contributed by atoms with E-state index in [4.69, 9.17) is 19.9 Å².